The number of aromatic nitrogens is 2. The molecule has 110 valence electrons. The van der Waals surface area contributed by atoms with Gasteiger partial charge in [0.2, 0.25) is 11.8 Å². The summed E-state index contributed by atoms with van der Waals surface area (Å²) in [5.41, 5.74) is 0. The summed E-state index contributed by atoms with van der Waals surface area (Å²) in [6, 6.07) is 11.7. The van der Waals surface area contributed by atoms with Crippen LogP contribution in [0.4, 0.5) is 8.78 Å². The Morgan fingerprint density at radius 1 is 0.682 bits per heavy atom. The van der Waals surface area contributed by atoms with Crippen LogP contribution in [-0.4, -0.2) is 9.97 Å². The van der Waals surface area contributed by atoms with Crippen LogP contribution in [0.2, 0.25) is 0 Å². The Morgan fingerprint density at radius 2 is 1.18 bits per heavy atom. The Labute approximate surface area is 125 Å². The van der Waals surface area contributed by atoms with Gasteiger partial charge < -0.3 is 9.47 Å². The van der Waals surface area contributed by atoms with Crippen LogP contribution in [-0.2, 0) is 0 Å². The summed E-state index contributed by atoms with van der Waals surface area (Å²) in [5.74, 6) is -1.70. The van der Waals surface area contributed by atoms with E-state index in [4.69, 9.17) is 9.47 Å². The monoisotopic (exact) mass is 300 g/mol. The van der Waals surface area contributed by atoms with Crippen molar-refractivity contribution >= 4 is 0 Å². The first kappa shape index (κ1) is 13.9. The molecule has 0 fully saturated rings. The van der Waals surface area contributed by atoms with Crippen molar-refractivity contribution in [1.29, 1.82) is 0 Å². The average Bonchev–Trinajstić information content (AvgIpc) is 2.54. The van der Waals surface area contributed by atoms with Gasteiger partial charge in [-0.15, -0.1) is 0 Å². The van der Waals surface area contributed by atoms with Crippen LogP contribution < -0.4 is 9.47 Å². The maximum Gasteiger partial charge on any atom is 0.219 e. The first-order valence-corrected chi connectivity index (χ1v) is 6.39. The topological polar surface area (TPSA) is 44.2 Å². The molecule has 0 amide bonds. The van der Waals surface area contributed by atoms with Crippen LogP contribution in [0.5, 0.6) is 23.3 Å². The number of ether oxygens (including phenoxy) is 2. The maximum atomic E-state index is 13.8. The highest BCUT2D eigenvalue weighted by molar-refractivity contribution is 5.39. The van der Waals surface area contributed by atoms with E-state index in [1.54, 1.807) is 36.4 Å². The highest BCUT2D eigenvalue weighted by Crippen LogP contribution is 2.32. The van der Waals surface area contributed by atoms with Crippen LogP contribution in [0.1, 0.15) is 0 Å². The third kappa shape index (κ3) is 3.17. The molecule has 0 bridgehead atoms. The fourth-order valence-electron chi connectivity index (χ4n) is 1.71. The van der Waals surface area contributed by atoms with Crippen LogP contribution in [0.3, 0.4) is 0 Å². The van der Waals surface area contributed by atoms with Gasteiger partial charge >= 0.3 is 0 Å². The molecule has 0 spiro atoms. The molecule has 0 saturated carbocycles. The van der Waals surface area contributed by atoms with Gasteiger partial charge in [-0.05, 0) is 12.1 Å². The highest BCUT2D eigenvalue weighted by Gasteiger charge is 2.14. The molecular weight excluding hydrogens is 290 g/mol. The Hall–Kier alpha value is -3.02. The number of hydrogen-bond acceptors (Lipinski definition) is 4. The lowest BCUT2D eigenvalue weighted by molar-refractivity contribution is 0.396. The van der Waals surface area contributed by atoms with Crippen LogP contribution in [0.25, 0.3) is 0 Å². The lowest BCUT2D eigenvalue weighted by Crippen LogP contribution is -1.95. The lowest BCUT2D eigenvalue weighted by atomic mass is 10.3. The van der Waals surface area contributed by atoms with Gasteiger partial charge in [0.05, 0.1) is 0 Å². The van der Waals surface area contributed by atoms with Crippen molar-refractivity contribution in [2.24, 2.45) is 0 Å². The molecule has 0 N–H and O–H groups in total. The zero-order valence-electron chi connectivity index (χ0n) is 11.2. The molecular formula is C16H10F2N2O2. The van der Waals surface area contributed by atoms with E-state index in [2.05, 4.69) is 9.97 Å². The van der Waals surface area contributed by atoms with Crippen molar-refractivity contribution in [3.05, 3.63) is 72.6 Å². The molecule has 3 aromatic rings. The number of halogens is 2. The van der Waals surface area contributed by atoms with E-state index in [1.165, 1.54) is 12.4 Å². The van der Waals surface area contributed by atoms with Gasteiger partial charge in [0, 0.05) is 36.7 Å². The van der Waals surface area contributed by atoms with E-state index in [9.17, 15) is 8.78 Å². The smallest absolute Gasteiger partial charge is 0.219 e. The summed E-state index contributed by atoms with van der Waals surface area (Å²) >= 11 is 0. The molecule has 2 heterocycles. The van der Waals surface area contributed by atoms with Crippen molar-refractivity contribution in [3.8, 4) is 23.3 Å². The molecule has 0 unspecified atom stereocenters. The third-order valence-corrected chi connectivity index (χ3v) is 2.69. The van der Waals surface area contributed by atoms with E-state index in [0.717, 1.165) is 6.07 Å². The lowest BCUT2D eigenvalue weighted by Gasteiger charge is -2.10. The predicted molar refractivity (Wildman–Crippen MR) is 75.0 cm³/mol. The zero-order chi connectivity index (χ0) is 15.4. The molecule has 22 heavy (non-hydrogen) atoms. The van der Waals surface area contributed by atoms with Gasteiger partial charge in [0.1, 0.15) is 0 Å². The number of hydrogen-bond donors (Lipinski definition) is 0. The number of pyridine rings is 2. The minimum atomic E-state index is -0.850. The molecule has 6 heteroatoms. The van der Waals surface area contributed by atoms with Gasteiger partial charge in [0.25, 0.3) is 0 Å². The van der Waals surface area contributed by atoms with E-state index in [0.29, 0.717) is 6.07 Å². The number of nitrogens with zero attached hydrogens (tertiary/aromatic N) is 2. The van der Waals surface area contributed by atoms with Crippen LogP contribution in [0.15, 0.2) is 60.9 Å². The largest absolute Gasteiger partial charge is 0.436 e. The first-order chi connectivity index (χ1) is 10.7. The van der Waals surface area contributed by atoms with Gasteiger partial charge in [-0.3, -0.25) is 0 Å². The summed E-state index contributed by atoms with van der Waals surface area (Å²) < 4.78 is 38.2. The minimum absolute atomic E-state index is 0.189. The third-order valence-electron chi connectivity index (χ3n) is 2.69. The van der Waals surface area contributed by atoms with Crippen molar-refractivity contribution in [3.63, 3.8) is 0 Å². The Morgan fingerprint density at radius 3 is 1.59 bits per heavy atom. The molecule has 0 atom stereocenters. The molecule has 0 radical (unpaired) electrons. The Bertz CT molecular complexity index is 705. The van der Waals surface area contributed by atoms with Crippen LogP contribution in [0, 0.1) is 11.6 Å². The standard InChI is InChI=1S/C16H10F2N2O2/c17-11-9-12(18)14(22-16-6-2-4-8-20-16)10-13(11)21-15-5-1-3-7-19-15/h1-10H. The van der Waals surface area contributed by atoms with E-state index in [1.807, 2.05) is 0 Å². The van der Waals surface area contributed by atoms with Gasteiger partial charge in [-0.2, -0.15) is 0 Å². The fourth-order valence-corrected chi connectivity index (χ4v) is 1.71. The van der Waals surface area contributed by atoms with Gasteiger partial charge in [0.15, 0.2) is 23.1 Å². The minimum Gasteiger partial charge on any atom is -0.436 e. The highest BCUT2D eigenvalue weighted by atomic mass is 19.1. The zero-order valence-corrected chi connectivity index (χ0v) is 11.2. The first-order valence-electron chi connectivity index (χ1n) is 6.39. The molecule has 0 aliphatic carbocycles. The molecule has 0 aliphatic rings. The van der Waals surface area contributed by atoms with E-state index < -0.39 is 11.6 Å². The van der Waals surface area contributed by atoms with Gasteiger partial charge in [-0.1, -0.05) is 12.1 Å². The Kier molecular flexibility index (Phi) is 3.91. The second-order valence-corrected chi connectivity index (χ2v) is 4.25. The second kappa shape index (κ2) is 6.17. The summed E-state index contributed by atoms with van der Waals surface area (Å²) in [6.07, 6.45) is 3.00. The molecule has 4 nitrogen and oxygen atoms in total. The normalized spacial score (nSPS) is 10.3. The summed E-state index contributed by atoms with van der Waals surface area (Å²) in [4.78, 5) is 7.83. The number of rotatable bonds is 4. The molecule has 3 rings (SSSR count). The summed E-state index contributed by atoms with van der Waals surface area (Å²) in [6.45, 7) is 0. The molecule has 1 aromatic carbocycles. The second-order valence-electron chi connectivity index (χ2n) is 4.25. The van der Waals surface area contributed by atoms with Crippen molar-refractivity contribution in [2.45, 2.75) is 0 Å². The van der Waals surface area contributed by atoms with Crippen molar-refractivity contribution in [2.75, 3.05) is 0 Å². The average molecular weight is 300 g/mol. The molecule has 0 saturated heterocycles. The molecule has 2 aromatic heterocycles. The fraction of sp³-hybridized carbons (Fsp3) is 0. The quantitative estimate of drug-likeness (QED) is 0.719. The SMILES string of the molecule is Fc1cc(F)c(Oc2ccccn2)cc1Oc1ccccn1. The predicted octanol–water partition coefficient (Wildman–Crippen LogP) is 4.34. The summed E-state index contributed by atoms with van der Waals surface area (Å²) in [7, 11) is 0. The molecule has 0 aliphatic heterocycles. The maximum absolute atomic E-state index is 13.8. The van der Waals surface area contributed by atoms with E-state index in [-0.39, 0.29) is 23.3 Å². The van der Waals surface area contributed by atoms with Gasteiger partial charge in [-0.25, -0.2) is 18.7 Å². The van der Waals surface area contributed by atoms with Crippen LogP contribution >= 0.6 is 0 Å². The van der Waals surface area contributed by atoms with E-state index >= 15 is 0 Å². The summed E-state index contributed by atoms with van der Waals surface area (Å²) in [5, 5.41) is 0. The van der Waals surface area contributed by atoms with Crippen molar-refractivity contribution < 1.29 is 18.3 Å². The number of benzene rings is 1. The Balaban J connectivity index is 1.90. The van der Waals surface area contributed by atoms with Crippen molar-refractivity contribution in [1.82, 2.24) is 9.97 Å².